The fraction of sp³-hybridized carbons (Fsp3) is 0.846. The first-order valence-corrected chi connectivity index (χ1v) is 6.80. The fourth-order valence-corrected chi connectivity index (χ4v) is 2.36. The van der Waals surface area contributed by atoms with Crippen molar-refractivity contribution in [3.63, 3.8) is 0 Å². The van der Waals surface area contributed by atoms with Gasteiger partial charge in [0.15, 0.2) is 0 Å². The quantitative estimate of drug-likeness (QED) is 0.780. The second kappa shape index (κ2) is 6.41. The van der Waals surface area contributed by atoms with Crippen LogP contribution in [0.2, 0.25) is 0 Å². The van der Waals surface area contributed by atoms with Gasteiger partial charge in [-0.1, -0.05) is 0 Å². The Balaban J connectivity index is 2.88. The van der Waals surface area contributed by atoms with Crippen molar-refractivity contribution in [3.05, 3.63) is 0 Å². The Bertz CT molecular complexity index is 372. The average molecular weight is 288 g/mol. The van der Waals surface area contributed by atoms with Crippen LogP contribution in [-0.4, -0.2) is 76.0 Å². The van der Waals surface area contributed by atoms with Crippen LogP contribution in [0.1, 0.15) is 27.7 Å². The number of hydrogen-bond donors (Lipinski definition) is 2. The van der Waals surface area contributed by atoms with E-state index in [1.54, 1.807) is 11.8 Å². The minimum atomic E-state index is -1.28. The first-order chi connectivity index (χ1) is 9.23. The Morgan fingerprint density at radius 1 is 1.40 bits per heavy atom. The molecular formula is C13H24N2O5. The standard InChI is InChI=1S/C13H24N2O5/c1-5-15(13(3,4)11(17)18)12(19)14-6-9(2)20-10(7-14)8-16/h9-10,16H,5-8H2,1-4H3,(H,17,18). The molecule has 1 heterocycles. The van der Waals surface area contributed by atoms with Gasteiger partial charge in [-0.15, -0.1) is 0 Å². The van der Waals surface area contributed by atoms with Gasteiger partial charge in [-0.2, -0.15) is 0 Å². The molecule has 1 aliphatic heterocycles. The minimum absolute atomic E-state index is 0.164. The third kappa shape index (κ3) is 3.40. The first kappa shape index (κ1) is 16.7. The molecule has 0 aromatic heterocycles. The monoisotopic (exact) mass is 288 g/mol. The van der Waals surface area contributed by atoms with E-state index in [1.165, 1.54) is 18.7 Å². The van der Waals surface area contributed by atoms with Crippen molar-refractivity contribution in [1.82, 2.24) is 9.80 Å². The normalized spacial score (nSPS) is 23.6. The number of amides is 2. The van der Waals surface area contributed by atoms with Crippen LogP contribution in [-0.2, 0) is 9.53 Å². The van der Waals surface area contributed by atoms with E-state index in [2.05, 4.69) is 0 Å². The molecule has 1 rings (SSSR count). The van der Waals surface area contributed by atoms with Crippen LogP contribution in [0.25, 0.3) is 0 Å². The highest BCUT2D eigenvalue weighted by atomic mass is 16.5. The fourth-order valence-electron chi connectivity index (χ4n) is 2.36. The Kier molecular flexibility index (Phi) is 5.35. The molecule has 7 heteroatoms. The second-order valence-electron chi connectivity index (χ2n) is 5.55. The Labute approximate surface area is 119 Å². The van der Waals surface area contributed by atoms with Crippen LogP contribution in [0.3, 0.4) is 0 Å². The van der Waals surface area contributed by atoms with Crippen LogP contribution in [0.4, 0.5) is 4.79 Å². The number of carbonyl (C=O) groups excluding carboxylic acids is 1. The largest absolute Gasteiger partial charge is 0.480 e. The summed E-state index contributed by atoms with van der Waals surface area (Å²) in [6, 6.07) is -0.339. The molecule has 0 aliphatic carbocycles. The lowest BCUT2D eigenvalue weighted by Gasteiger charge is -2.42. The molecule has 2 N–H and O–H groups in total. The highest BCUT2D eigenvalue weighted by Gasteiger charge is 2.40. The zero-order valence-electron chi connectivity index (χ0n) is 12.5. The van der Waals surface area contributed by atoms with E-state index in [0.29, 0.717) is 13.1 Å². The number of rotatable bonds is 4. The maximum Gasteiger partial charge on any atom is 0.329 e. The number of morpholine rings is 1. The van der Waals surface area contributed by atoms with Crippen molar-refractivity contribution in [2.75, 3.05) is 26.2 Å². The number of ether oxygens (including phenoxy) is 1. The summed E-state index contributed by atoms with van der Waals surface area (Å²) in [5.41, 5.74) is -1.28. The predicted octanol–water partition coefficient (Wildman–Crippen LogP) is 0.373. The molecule has 7 nitrogen and oxygen atoms in total. The SMILES string of the molecule is CCN(C(=O)N1CC(C)OC(CO)C1)C(C)(C)C(=O)O. The van der Waals surface area contributed by atoms with Gasteiger partial charge in [0.2, 0.25) is 0 Å². The number of aliphatic carboxylic acids is 1. The molecule has 0 aromatic carbocycles. The van der Waals surface area contributed by atoms with Crippen LogP contribution >= 0.6 is 0 Å². The molecular weight excluding hydrogens is 264 g/mol. The number of aliphatic hydroxyl groups excluding tert-OH is 1. The zero-order chi connectivity index (χ0) is 15.5. The van der Waals surface area contributed by atoms with Crippen molar-refractivity contribution < 1.29 is 24.5 Å². The molecule has 2 atom stereocenters. The average Bonchev–Trinajstić information content (AvgIpc) is 2.38. The van der Waals surface area contributed by atoms with Crippen molar-refractivity contribution in [1.29, 1.82) is 0 Å². The molecule has 2 amide bonds. The lowest BCUT2D eigenvalue weighted by Crippen LogP contribution is -2.60. The van der Waals surface area contributed by atoms with Crippen LogP contribution in [0, 0.1) is 0 Å². The van der Waals surface area contributed by atoms with Crippen LogP contribution in [0.5, 0.6) is 0 Å². The summed E-state index contributed by atoms with van der Waals surface area (Å²) in [6.45, 7) is 7.37. The van der Waals surface area contributed by atoms with Gasteiger partial charge in [0.1, 0.15) is 5.54 Å². The number of carboxylic acid groups (broad SMARTS) is 1. The molecule has 0 saturated carbocycles. The van der Waals surface area contributed by atoms with Gasteiger partial charge in [-0.25, -0.2) is 9.59 Å². The summed E-state index contributed by atoms with van der Waals surface area (Å²) >= 11 is 0. The van der Waals surface area contributed by atoms with Crippen LogP contribution in [0.15, 0.2) is 0 Å². The number of carboxylic acids is 1. The van der Waals surface area contributed by atoms with Crippen molar-refractivity contribution >= 4 is 12.0 Å². The zero-order valence-corrected chi connectivity index (χ0v) is 12.5. The Morgan fingerprint density at radius 3 is 2.45 bits per heavy atom. The smallest absolute Gasteiger partial charge is 0.329 e. The number of urea groups is 1. The molecule has 20 heavy (non-hydrogen) atoms. The van der Waals surface area contributed by atoms with E-state index in [1.807, 2.05) is 6.92 Å². The third-order valence-corrected chi connectivity index (χ3v) is 3.55. The number of likely N-dealkylation sites (N-methyl/N-ethyl adjacent to an activating group) is 1. The highest BCUT2D eigenvalue weighted by molar-refractivity contribution is 5.85. The van der Waals surface area contributed by atoms with Gasteiger partial charge >= 0.3 is 12.0 Å². The first-order valence-electron chi connectivity index (χ1n) is 6.80. The van der Waals surface area contributed by atoms with Crippen molar-refractivity contribution in [2.45, 2.75) is 45.4 Å². The number of hydrogen-bond acceptors (Lipinski definition) is 4. The summed E-state index contributed by atoms with van der Waals surface area (Å²) in [7, 11) is 0. The third-order valence-electron chi connectivity index (χ3n) is 3.55. The van der Waals surface area contributed by atoms with E-state index >= 15 is 0 Å². The van der Waals surface area contributed by atoms with Gasteiger partial charge in [0, 0.05) is 13.1 Å². The predicted molar refractivity (Wildman–Crippen MR) is 72.5 cm³/mol. The molecule has 0 spiro atoms. The molecule has 1 saturated heterocycles. The van der Waals surface area contributed by atoms with Gasteiger partial charge in [-0.05, 0) is 27.7 Å². The summed E-state index contributed by atoms with van der Waals surface area (Å²) < 4.78 is 5.48. The van der Waals surface area contributed by atoms with Crippen molar-refractivity contribution in [2.24, 2.45) is 0 Å². The van der Waals surface area contributed by atoms with Gasteiger partial charge < -0.3 is 24.7 Å². The Morgan fingerprint density at radius 2 is 2.00 bits per heavy atom. The molecule has 0 aromatic rings. The molecule has 1 aliphatic rings. The van der Waals surface area contributed by atoms with Gasteiger partial charge in [0.25, 0.3) is 0 Å². The molecule has 0 bridgehead atoms. The lowest BCUT2D eigenvalue weighted by atomic mass is 10.0. The maximum atomic E-state index is 12.5. The molecule has 2 unspecified atom stereocenters. The summed E-state index contributed by atoms with van der Waals surface area (Å²) in [5, 5.41) is 18.4. The second-order valence-corrected chi connectivity index (χ2v) is 5.55. The van der Waals surface area contributed by atoms with Gasteiger partial charge in [-0.3, -0.25) is 0 Å². The molecule has 1 fully saturated rings. The van der Waals surface area contributed by atoms with E-state index in [-0.39, 0.29) is 25.3 Å². The highest BCUT2D eigenvalue weighted by Crippen LogP contribution is 2.20. The number of aliphatic hydroxyl groups is 1. The van der Waals surface area contributed by atoms with E-state index in [9.17, 15) is 19.8 Å². The van der Waals surface area contributed by atoms with E-state index in [4.69, 9.17) is 4.74 Å². The van der Waals surface area contributed by atoms with E-state index in [0.717, 1.165) is 0 Å². The summed E-state index contributed by atoms with van der Waals surface area (Å²) in [5.74, 6) is -1.05. The van der Waals surface area contributed by atoms with Crippen LogP contribution < -0.4 is 0 Å². The maximum absolute atomic E-state index is 12.5. The van der Waals surface area contributed by atoms with Gasteiger partial charge in [0.05, 0.1) is 25.4 Å². The Hall–Kier alpha value is -1.34. The van der Waals surface area contributed by atoms with Crippen molar-refractivity contribution in [3.8, 4) is 0 Å². The topological polar surface area (TPSA) is 90.3 Å². The lowest BCUT2D eigenvalue weighted by molar-refractivity contribution is -0.148. The molecule has 0 radical (unpaired) electrons. The minimum Gasteiger partial charge on any atom is -0.480 e. The van der Waals surface area contributed by atoms with E-state index < -0.39 is 17.6 Å². The summed E-state index contributed by atoms with van der Waals surface area (Å²) in [6.07, 6.45) is -0.606. The number of nitrogens with zero attached hydrogens (tertiary/aromatic N) is 2. The summed E-state index contributed by atoms with van der Waals surface area (Å²) in [4.78, 5) is 26.7. The number of carbonyl (C=O) groups is 2. The molecule has 116 valence electrons.